The van der Waals surface area contributed by atoms with E-state index in [4.69, 9.17) is 10.0 Å². The molecule has 6 heteroatoms. The van der Waals surface area contributed by atoms with E-state index in [-0.39, 0.29) is 6.61 Å². The minimum Gasteiger partial charge on any atom is -0.463 e. The Kier molecular flexibility index (Phi) is 4.12. The molecule has 0 heterocycles. The molecule has 0 aromatic heterocycles. The second-order valence-corrected chi connectivity index (χ2v) is 3.59. The molecule has 14 heavy (non-hydrogen) atoms. The van der Waals surface area contributed by atoms with E-state index in [2.05, 4.69) is 20.7 Å². The highest BCUT2D eigenvalue weighted by Gasteiger charge is 2.12. The molecule has 0 amide bonds. The van der Waals surface area contributed by atoms with E-state index in [0.717, 1.165) is 0 Å². The van der Waals surface area contributed by atoms with Crippen molar-refractivity contribution in [2.24, 2.45) is 0 Å². The first kappa shape index (κ1) is 11.2. The number of rotatable bonds is 4. The summed E-state index contributed by atoms with van der Waals surface area (Å²) in [7, 11) is -1.53. The Labute approximate surface area is 89.8 Å². The van der Waals surface area contributed by atoms with Crippen molar-refractivity contribution in [3.8, 4) is 0 Å². The molecule has 1 rings (SSSR count). The van der Waals surface area contributed by atoms with Crippen LogP contribution in [-0.4, -0.2) is 23.6 Å². The van der Waals surface area contributed by atoms with Gasteiger partial charge in [-0.2, -0.15) is 0 Å². The predicted octanol–water partition coefficient (Wildman–Crippen LogP) is -0.198. The van der Waals surface area contributed by atoms with Crippen LogP contribution in [0.3, 0.4) is 0 Å². The summed E-state index contributed by atoms with van der Waals surface area (Å²) in [6.07, 6.45) is 0. The molecule has 0 radical (unpaired) electrons. The van der Waals surface area contributed by atoms with Crippen molar-refractivity contribution in [3.63, 3.8) is 0 Å². The normalized spacial score (nSPS) is 9.64. The van der Waals surface area contributed by atoms with Crippen molar-refractivity contribution in [2.45, 2.75) is 6.61 Å². The van der Waals surface area contributed by atoms with Crippen LogP contribution in [0.15, 0.2) is 22.7 Å². The standard InChI is InChI=1S/C8H8BBrO4/c10-8-2-6(4-14-5-11)1-7(3-8)9(12)13/h1-3,5,12-13H,4H2. The van der Waals surface area contributed by atoms with Gasteiger partial charge >= 0.3 is 7.12 Å². The van der Waals surface area contributed by atoms with Crippen LogP contribution in [-0.2, 0) is 16.1 Å². The summed E-state index contributed by atoms with van der Waals surface area (Å²) in [5, 5.41) is 17.8. The van der Waals surface area contributed by atoms with Gasteiger partial charge in [0.1, 0.15) is 6.61 Å². The molecule has 0 saturated carbocycles. The molecule has 0 spiro atoms. The molecule has 74 valence electrons. The van der Waals surface area contributed by atoms with Gasteiger partial charge in [0.2, 0.25) is 0 Å². The van der Waals surface area contributed by atoms with Crippen LogP contribution < -0.4 is 5.46 Å². The highest BCUT2D eigenvalue weighted by molar-refractivity contribution is 9.10. The van der Waals surface area contributed by atoms with Crippen molar-refractivity contribution in [2.75, 3.05) is 0 Å². The van der Waals surface area contributed by atoms with Gasteiger partial charge in [-0.3, -0.25) is 4.79 Å². The Morgan fingerprint density at radius 2 is 2.14 bits per heavy atom. The average molecular weight is 259 g/mol. The van der Waals surface area contributed by atoms with Gasteiger partial charge in [0.25, 0.3) is 6.47 Å². The molecule has 0 fully saturated rings. The third-order valence-corrected chi connectivity index (χ3v) is 2.05. The van der Waals surface area contributed by atoms with Crippen LogP contribution in [0.2, 0.25) is 0 Å². The highest BCUT2D eigenvalue weighted by Crippen LogP contribution is 2.11. The fraction of sp³-hybridized carbons (Fsp3) is 0.125. The second kappa shape index (κ2) is 5.14. The molecule has 0 bridgehead atoms. The van der Waals surface area contributed by atoms with Gasteiger partial charge in [0.15, 0.2) is 0 Å². The Morgan fingerprint density at radius 3 is 2.71 bits per heavy atom. The maximum atomic E-state index is 9.95. The van der Waals surface area contributed by atoms with E-state index >= 15 is 0 Å². The molecule has 1 aromatic rings. The van der Waals surface area contributed by atoms with Crippen LogP contribution in [0.5, 0.6) is 0 Å². The summed E-state index contributed by atoms with van der Waals surface area (Å²) in [5.74, 6) is 0. The average Bonchev–Trinajstić information content (AvgIpc) is 2.14. The van der Waals surface area contributed by atoms with Gasteiger partial charge in [-0.1, -0.05) is 22.0 Å². The summed E-state index contributed by atoms with van der Waals surface area (Å²) in [6, 6.07) is 4.86. The van der Waals surface area contributed by atoms with Gasteiger partial charge in [0.05, 0.1) is 0 Å². The number of ether oxygens (including phenoxy) is 1. The number of carbonyl (C=O) groups is 1. The summed E-state index contributed by atoms with van der Waals surface area (Å²) >= 11 is 3.21. The summed E-state index contributed by atoms with van der Waals surface area (Å²) in [6.45, 7) is 0.457. The van der Waals surface area contributed by atoms with E-state index in [0.29, 0.717) is 22.0 Å². The third kappa shape index (κ3) is 3.14. The Morgan fingerprint density at radius 1 is 1.43 bits per heavy atom. The second-order valence-electron chi connectivity index (χ2n) is 2.67. The molecule has 1 aromatic carbocycles. The van der Waals surface area contributed by atoms with Crippen LogP contribution in [0.4, 0.5) is 0 Å². The minimum atomic E-state index is -1.53. The Hall–Kier alpha value is -0.845. The van der Waals surface area contributed by atoms with E-state index in [1.807, 2.05) is 0 Å². The van der Waals surface area contributed by atoms with E-state index < -0.39 is 7.12 Å². The van der Waals surface area contributed by atoms with Crippen LogP contribution in [0.25, 0.3) is 0 Å². The lowest BCUT2D eigenvalue weighted by atomic mass is 9.80. The zero-order valence-corrected chi connectivity index (χ0v) is 8.77. The molecule has 0 aliphatic rings. The molecule has 0 unspecified atom stereocenters. The van der Waals surface area contributed by atoms with Gasteiger partial charge in [-0.25, -0.2) is 0 Å². The Balaban J connectivity index is 2.89. The lowest BCUT2D eigenvalue weighted by Crippen LogP contribution is -2.30. The SMILES string of the molecule is O=COCc1cc(Br)cc(B(O)O)c1. The summed E-state index contributed by atoms with van der Waals surface area (Å²) in [4.78, 5) is 9.95. The van der Waals surface area contributed by atoms with Crippen molar-refractivity contribution in [1.29, 1.82) is 0 Å². The quantitative estimate of drug-likeness (QED) is 0.580. The van der Waals surface area contributed by atoms with Crippen LogP contribution in [0, 0.1) is 0 Å². The Bertz CT molecular complexity index is 329. The monoisotopic (exact) mass is 258 g/mol. The largest absolute Gasteiger partial charge is 0.488 e. The highest BCUT2D eigenvalue weighted by atomic mass is 79.9. The maximum Gasteiger partial charge on any atom is 0.488 e. The molecule has 2 N–H and O–H groups in total. The maximum absolute atomic E-state index is 9.95. The third-order valence-electron chi connectivity index (χ3n) is 1.60. The molecular formula is C8H8BBrO4. The van der Waals surface area contributed by atoms with E-state index in [9.17, 15) is 4.79 Å². The van der Waals surface area contributed by atoms with Crippen LogP contribution in [0.1, 0.15) is 5.56 Å². The minimum absolute atomic E-state index is 0.114. The number of benzene rings is 1. The fourth-order valence-corrected chi connectivity index (χ4v) is 1.60. The fourth-order valence-electron chi connectivity index (χ4n) is 1.04. The number of hydrogen-bond donors (Lipinski definition) is 2. The van der Waals surface area contributed by atoms with E-state index in [1.165, 1.54) is 0 Å². The zero-order valence-electron chi connectivity index (χ0n) is 7.18. The molecule has 4 nitrogen and oxygen atoms in total. The number of halogens is 1. The predicted molar refractivity (Wildman–Crippen MR) is 54.8 cm³/mol. The first-order valence-electron chi connectivity index (χ1n) is 3.84. The van der Waals surface area contributed by atoms with Crippen LogP contribution >= 0.6 is 15.9 Å². The molecule has 0 saturated heterocycles. The number of carbonyl (C=O) groups excluding carboxylic acids is 1. The number of hydrogen-bond acceptors (Lipinski definition) is 4. The smallest absolute Gasteiger partial charge is 0.463 e. The molecule has 0 aliphatic carbocycles. The van der Waals surface area contributed by atoms with Crippen molar-refractivity contribution < 1.29 is 19.6 Å². The topological polar surface area (TPSA) is 66.8 Å². The summed E-state index contributed by atoms with van der Waals surface area (Å²) in [5.41, 5.74) is 1.04. The lowest BCUT2D eigenvalue weighted by Gasteiger charge is -2.05. The first-order chi connectivity index (χ1) is 6.63. The van der Waals surface area contributed by atoms with Crippen molar-refractivity contribution in [1.82, 2.24) is 0 Å². The van der Waals surface area contributed by atoms with Gasteiger partial charge in [-0.15, -0.1) is 0 Å². The molecule has 0 aliphatic heterocycles. The van der Waals surface area contributed by atoms with Crippen molar-refractivity contribution in [3.05, 3.63) is 28.2 Å². The molecular weight excluding hydrogens is 251 g/mol. The van der Waals surface area contributed by atoms with Gasteiger partial charge in [0, 0.05) is 4.47 Å². The zero-order chi connectivity index (χ0) is 10.6. The first-order valence-corrected chi connectivity index (χ1v) is 4.63. The van der Waals surface area contributed by atoms with E-state index in [1.54, 1.807) is 18.2 Å². The molecule has 0 atom stereocenters. The van der Waals surface area contributed by atoms with Gasteiger partial charge in [-0.05, 0) is 23.2 Å². The van der Waals surface area contributed by atoms with Crippen molar-refractivity contribution >= 4 is 35.0 Å². The van der Waals surface area contributed by atoms with Gasteiger partial charge < -0.3 is 14.8 Å². The lowest BCUT2D eigenvalue weighted by molar-refractivity contribution is -0.129. The summed E-state index contributed by atoms with van der Waals surface area (Å²) < 4.78 is 5.25.